The molecule has 0 spiro atoms. The molecule has 166 valence electrons. The second kappa shape index (κ2) is 9.22. The summed E-state index contributed by atoms with van der Waals surface area (Å²) in [6.45, 7) is 3.59. The van der Waals surface area contributed by atoms with Gasteiger partial charge in [-0.3, -0.25) is 9.52 Å². The van der Waals surface area contributed by atoms with E-state index in [2.05, 4.69) is 20.0 Å². The third kappa shape index (κ3) is 5.24. The fourth-order valence-corrected chi connectivity index (χ4v) is 4.59. The summed E-state index contributed by atoms with van der Waals surface area (Å²) >= 11 is 0. The van der Waals surface area contributed by atoms with E-state index in [0.29, 0.717) is 22.8 Å². The summed E-state index contributed by atoms with van der Waals surface area (Å²) in [6, 6.07) is 21.3. The van der Waals surface area contributed by atoms with Crippen molar-refractivity contribution in [3.05, 3.63) is 102 Å². The normalized spacial score (nSPS) is 11.1. The van der Waals surface area contributed by atoms with Crippen LogP contribution < -0.4 is 10.0 Å². The SMILES string of the molecule is Cc1cccc(NS(=O)(=O)c2cc(NC(=O)c3cnc(-c4ccccc4)nc3)ccc2C)c1. The lowest BCUT2D eigenvalue weighted by Gasteiger charge is -2.13. The number of hydrogen-bond donors (Lipinski definition) is 2. The summed E-state index contributed by atoms with van der Waals surface area (Å²) in [4.78, 5) is 21.3. The fraction of sp³-hybridized carbons (Fsp3) is 0.0800. The molecule has 0 aliphatic heterocycles. The highest BCUT2D eigenvalue weighted by molar-refractivity contribution is 7.92. The van der Waals surface area contributed by atoms with Crippen molar-refractivity contribution < 1.29 is 13.2 Å². The molecule has 0 aliphatic rings. The molecule has 0 unspecified atom stereocenters. The van der Waals surface area contributed by atoms with Crippen molar-refractivity contribution in [2.45, 2.75) is 18.7 Å². The first-order valence-electron chi connectivity index (χ1n) is 10.2. The van der Waals surface area contributed by atoms with Crippen molar-refractivity contribution >= 4 is 27.3 Å². The number of aromatic nitrogens is 2. The quantitative estimate of drug-likeness (QED) is 0.432. The van der Waals surface area contributed by atoms with Gasteiger partial charge in [0.15, 0.2) is 5.82 Å². The Morgan fingerprint density at radius 3 is 2.24 bits per heavy atom. The van der Waals surface area contributed by atoms with Crippen molar-refractivity contribution in [1.29, 1.82) is 0 Å². The number of nitrogens with one attached hydrogen (secondary N) is 2. The predicted octanol–water partition coefficient (Wildman–Crippen LogP) is 4.81. The second-order valence-corrected chi connectivity index (χ2v) is 9.22. The second-order valence-electron chi connectivity index (χ2n) is 7.57. The molecule has 0 bridgehead atoms. The Morgan fingerprint density at radius 2 is 1.55 bits per heavy atom. The van der Waals surface area contributed by atoms with Gasteiger partial charge in [0.25, 0.3) is 15.9 Å². The van der Waals surface area contributed by atoms with E-state index >= 15 is 0 Å². The van der Waals surface area contributed by atoms with Crippen molar-refractivity contribution in [3.63, 3.8) is 0 Å². The van der Waals surface area contributed by atoms with Gasteiger partial charge in [0.05, 0.1) is 10.5 Å². The van der Waals surface area contributed by atoms with E-state index in [9.17, 15) is 13.2 Å². The van der Waals surface area contributed by atoms with E-state index in [1.54, 1.807) is 37.3 Å². The number of hydrogen-bond acceptors (Lipinski definition) is 5. The molecule has 0 saturated carbocycles. The van der Waals surface area contributed by atoms with Crippen molar-refractivity contribution in [2.75, 3.05) is 10.0 Å². The molecular weight excluding hydrogens is 436 g/mol. The molecule has 2 N–H and O–H groups in total. The first-order chi connectivity index (χ1) is 15.8. The van der Waals surface area contributed by atoms with Crippen LogP contribution in [0.1, 0.15) is 21.5 Å². The number of amides is 1. The standard InChI is InChI=1S/C25H22N4O3S/c1-17-7-6-10-22(13-17)29-33(31,32)23-14-21(12-11-18(23)2)28-25(30)20-15-26-24(27-16-20)19-8-4-3-5-9-19/h3-16,29H,1-2H3,(H,28,30). The van der Waals surface area contributed by atoms with Gasteiger partial charge in [0.2, 0.25) is 0 Å². The van der Waals surface area contributed by atoms with Gasteiger partial charge < -0.3 is 5.32 Å². The molecule has 0 atom stereocenters. The minimum absolute atomic E-state index is 0.0810. The summed E-state index contributed by atoms with van der Waals surface area (Å²) in [7, 11) is -3.85. The Bertz CT molecular complexity index is 1400. The topological polar surface area (TPSA) is 101 Å². The maximum absolute atomic E-state index is 13.0. The number of sulfonamides is 1. The van der Waals surface area contributed by atoms with Crippen LogP contribution in [0.25, 0.3) is 11.4 Å². The third-order valence-electron chi connectivity index (χ3n) is 4.95. The fourth-order valence-electron chi connectivity index (χ4n) is 3.27. The van der Waals surface area contributed by atoms with Crippen LogP contribution in [0, 0.1) is 13.8 Å². The van der Waals surface area contributed by atoms with E-state index in [4.69, 9.17) is 0 Å². The smallest absolute Gasteiger partial charge is 0.262 e. The number of aryl methyl sites for hydroxylation is 2. The van der Waals surface area contributed by atoms with Crippen LogP contribution in [-0.4, -0.2) is 24.3 Å². The number of carbonyl (C=O) groups excluding carboxylic acids is 1. The van der Waals surface area contributed by atoms with E-state index in [1.165, 1.54) is 18.5 Å². The van der Waals surface area contributed by atoms with Crippen LogP contribution in [0.4, 0.5) is 11.4 Å². The maximum atomic E-state index is 13.0. The van der Waals surface area contributed by atoms with E-state index < -0.39 is 15.9 Å². The summed E-state index contributed by atoms with van der Waals surface area (Å²) < 4.78 is 28.5. The Labute approximate surface area is 192 Å². The molecule has 0 aliphatic carbocycles. The van der Waals surface area contributed by atoms with Crippen LogP contribution in [0.2, 0.25) is 0 Å². The van der Waals surface area contributed by atoms with E-state index in [0.717, 1.165) is 11.1 Å². The van der Waals surface area contributed by atoms with Crippen LogP contribution in [0.15, 0.2) is 90.1 Å². The van der Waals surface area contributed by atoms with Gasteiger partial charge in [0.1, 0.15) is 0 Å². The minimum Gasteiger partial charge on any atom is -0.322 e. The van der Waals surface area contributed by atoms with Crippen LogP contribution in [0.5, 0.6) is 0 Å². The zero-order chi connectivity index (χ0) is 23.4. The average Bonchev–Trinajstić information content (AvgIpc) is 2.80. The Kier molecular flexibility index (Phi) is 6.19. The molecule has 1 aromatic heterocycles. The number of nitrogens with zero attached hydrogens (tertiary/aromatic N) is 2. The van der Waals surface area contributed by atoms with Crippen LogP contribution in [0.3, 0.4) is 0 Å². The predicted molar refractivity (Wildman–Crippen MR) is 129 cm³/mol. The molecule has 0 saturated heterocycles. The van der Waals surface area contributed by atoms with Gasteiger partial charge in [-0.15, -0.1) is 0 Å². The van der Waals surface area contributed by atoms with Gasteiger partial charge in [0, 0.05) is 29.3 Å². The summed E-state index contributed by atoms with van der Waals surface area (Å²) in [5, 5.41) is 2.72. The Balaban J connectivity index is 1.53. The van der Waals surface area contributed by atoms with Gasteiger partial charge in [-0.25, -0.2) is 18.4 Å². The highest BCUT2D eigenvalue weighted by atomic mass is 32.2. The average molecular weight is 459 g/mol. The molecule has 0 fully saturated rings. The zero-order valence-corrected chi connectivity index (χ0v) is 18.9. The number of carbonyl (C=O) groups is 1. The molecule has 4 rings (SSSR count). The largest absolute Gasteiger partial charge is 0.322 e. The lowest BCUT2D eigenvalue weighted by Crippen LogP contribution is -2.16. The number of benzene rings is 3. The molecule has 7 nitrogen and oxygen atoms in total. The lowest BCUT2D eigenvalue weighted by molar-refractivity contribution is 0.102. The van der Waals surface area contributed by atoms with E-state index in [-0.39, 0.29) is 10.5 Å². The molecule has 4 aromatic rings. The van der Waals surface area contributed by atoms with Crippen molar-refractivity contribution in [3.8, 4) is 11.4 Å². The van der Waals surface area contributed by atoms with Crippen molar-refractivity contribution in [1.82, 2.24) is 9.97 Å². The monoisotopic (exact) mass is 458 g/mol. The summed E-state index contributed by atoms with van der Waals surface area (Å²) in [6.07, 6.45) is 2.88. The molecule has 3 aromatic carbocycles. The Hall–Kier alpha value is -4.04. The highest BCUT2D eigenvalue weighted by Crippen LogP contribution is 2.24. The zero-order valence-electron chi connectivity index (χ0n) is 18.1. The molecule has 1 amide bonds. The van der Waals surface area contributed by atoms with Gasteiger partial charge in [-0.05, 0) is 49.2 Å². The summed E-state index contributed by atoms with van der Waals surface area (Å²) in [5.41, 5.74) is 3.43. The van der Waals surface area contributed by atoms with Crippen molar-refractivity contribution in [2.24, 2.45) is 0 Å². The molecule has 8 heteroatoms. The number of rotatable bonds is 6. The van der Waals surface area contributed by atoms with Gasteiger partial charge >= 0.3 is 0 Å². The third-order valence-corrected chi connectivity index (χ3v) is 6.48. The van der Waals surface area contributed by atoms with Crippen LogP contribution in [-0.2, 0) is 10.0 Å². The highest BCUT2D eigenvalue weighted by Gasteiger charge is 2.19. The maximum Gasteiger partial charge on any atom is 0.262 e. The van der Waals surface area contributed by atoms with Crippen LogP contribution >= 0.6 is 0 Å². The summed E-state index contributed by atoms with van der Waals surface area (Å²) in [5.74, 6) is 0.0755. The first kappa shape index (κ1) is 22.2. The van der Waals surface area contributed by atoms with Gasteiger partial charge in [-0.1, -0.05) is 48.5 Å². The minimum atomic E-state index is -3.85. The van der Waals surface area contributed by atoms with E-state index in [1.807, 2.05) is 43.3 Å². The molecule has 33 heavy (non-hydrogen) atoms. The first-order valence-corrected chi connectivity index (χ1v) is 11.7. The Morgan fingerprint density at radius 1 is 0.818 bits per heavy atom. The molecule has 0 radical (unpaired) electrons. The van der Waals surface area contributed by atoms with Gasteiger partial charge in [-0.2, -0.15) is 0 Å². The molecular formula is C25H22N4O3S. The lowest BCUT2D eigenvalue weighted by atomic mass is 10.2. The molecule has 1 heterocycles. The number of anilines is 2.